The summed E-state index contributed by atoms with van der Waals surface area (Å²) in [5.74, 6) is -0.712. The zero-order valence-electron chi connectivity index (χ0n) is 18.3. The Balaban J connectivity index is 1.97. The summed E-state index contributed by atoms with van der Waals surface area (Å²) in [5, 5.41) is 7.57. The molecule has 1 aliphatic rings. The number of esters is 2. The van der Waals surface area contributed by atoms with Crippen LogP contribution in [0, 0.1) is 0 Å². The maximum Gasteiger partial charge on any atom is 0.355 e. The van der Waals surface area contributed by atoms with Gasteiger partial charge in [0.15, 0.2) is 11.5 Å². The van der Waals surface area contributed by atoms with Crippen LogP contribution >= 0.6 is 0 Å². The predicted octanol–water partition coefficient (Wildman–Crippen LogP) is 2.19. The fourth-order valence-electron chi connectivity index (χ4n) is 3.73. The molecule has 0 saturated carbocycles. The Kier molecular flexibility index (Phi) is 5.82. The molecule has 0 radical (unpaired) electrons. The van der Waals surface area contributed by atoms with Crippen molar-refractivity contribution in [3.63, 3.8) is 0 Å². The molecular weight excluding hydrogens is 428 g/mol. The van der Waals surface area contributed by atoms with Crippen LogP contribution in [-0.4, -0.2) is 47.5 Å². The number of anilines is 1. The molecule has 4 rings (SSSR count). The summed E-state index contributed by atoms with van der Waals surface area (Å²) >= 11 is 0. The van der Waals surface area contributed by atoms with Gasteiger partial charge in [-0.3, -0.25) is 9.59 Å². The molecule has 1 unspecified atom stereocenters. The Hall–Kier alpha value is -4.21. The molecule has 10 heteroatoms. The number of hydrogen-bond acceptors (Lipinski definition) is 9. The second kappa shape index (κ2) is 8.73. The number of nitrogens with zero attached hydrogens (tertiary/aromatic N) is 3. The van der Waals surface area contributed by atoms with E-state index in [2.05, 4.69) is 15.4 Å². The van der Waals surface area contributed by atoms with Crippen molar-refractivity contribution >= 4 is 17.6 Å². The van der Waals surface area contributed by atoms with Crippen LogP contribution in [0.4, 0.5) is 5.69 Å². The molecule has 0 bridgehead atoms. The van der Waals surface area contributed by atoms with E-state index >= 15 is 0 Å². The maximum atomic E-state index is 13.1. The Morgan fingerprint density at radius 3 is 2.45 bits per heavy atom. The van der Waals surface area contributed by atoms with Crippen molar-refractivity contribution in [3.8, 4) is 28.4 Å². The van der Waals surface area contributed by atoms with Gasteiger partial charge < -0.3 is 19.5 Å². The lowest BCUT2D eigenvalue weighted by Gasteiger charge is -2.38. The number of para-hydroxylation sites is 1. The first-order valence-corrected chi connectivity index (χ1v) is 10.2. The molecule has 0 saturated heterocycles. The highest BCUT2D eigenvalue weighted by Gasteiger charge is 2.50. The standard InChI is InChI=1S/C23H22N4O6/c1-4-33-15-11-9-14(10-12-15)19-21(29)24-20-16-7-5-6-8-17(16)25-23(22(30)32-3,27(20)26-19)13-18(28)31-2/h5-12,25H,4,13H2,1-3H3. The first kappa shape index (κ1) is 22.0. The summed E-state index contributed by atoms with van der Waals surface area (Å²) < 4.78 is 16.5. The second-order valence-electron chi connectivity index (χ2n) is 7.23. The maximum absolute atomic E-state index is 13.1. The van der Waals surface area contributed by atoms with Crippen LogP contribution in [-0.2, 0) is 24.7 Å². The molecule has 2 heterocycles. The highest BCUT2D eigenvalue weighted by molar-refractivity contribution is 5.92. The average molecular weight is 450 g/mol. The van der Waals surface area contributed by atoms with E-state index in [-0.39, 0.29) is 11.5 Å². The molecular formula is C23H22N4O6. The lowest BCUT2D eigenvalue weighted by Crippen LogP contribution is -2.55. The number of carbonyl (C=O) groups is 2. The molecule has 33 heavy (non-hydrogen) atoms. The smallest absolute Gasteiger partial charge is 0.355 e. The zero-order valence-corrected chi connectivity index (χ0v) is 18.3. The molecule has 1 aromatic heterocycles. The quantitative estimate of drug-likeness (QED) is 0.563. The summed E-state index contributed by atoms with van der Waals surface area (Å²) in [6.45, 7) is 2.37. The fourth-order valence-corrected chi connectivity index (χ4v) is 3.73. The fraction of sp³-hybridized carbons (Fsp3) is 0.261. The van der Waals surface area contributed by atoms with Crippen molar-refractivity contribution in [2.24, 2.45) is 0 Å². The van der Waals surface area contributed by atoms with Gasteiger partial charge in [-0.1, -0.05) is 12.1 Å². The van der Waals surface area contributed by atoms with Gasteiger partial charge in [-0.2, -0.15) is 10.1 Å². The first-order chi connectivity index (χ1) is 15.9. The number of hydrogen-bond donors (Lipinski definition) is 1. The number of rotatable bonds is 6. The van der Waals surface area contributed by atoms with Crippen LogP contribution in [0.15, 0.2) is 53.3 Å². The lowest BCUT2D eigenvalue weighted by molar-refractivity contribution is -0.157. The second-order valence-corrected chi connectivity index (χ2v) is 7.23. The van der Waals surface area contributed by atoms with Crippen LogP contribution in [0.25, 0.3) is 22.6 Å². The van der Waals surface area contributed by atoms with Gasteiger partial charge >= 0.3 is 11.9 Å². The molecule has 0 amide bonds. The largest absolute Gasteiger partial charge is 0.494 e. The summed E-state index contributed by atoms with van der Waals surface area (Å²) in [6.07, 6.45) is -0.447. The van der Waals surface area contributed by atoms with Gasteiger partial charge in [0, 0.05) is 16.8 Å². The minimum Gasteiger partial charge on any atom is -0.494 e. The van der Waals surface area contributed by atoms with E-state index in [4.69, 9.17) is 14.2 Å². The van der Waals surface area contributed by atoms with E-state index < -0.39 is 29.6 Å². The van der Waals surface area contributed by atoms with Crippen LogP contribution in [0.3, 0.4) is 0 Å². The minimum absolute atomic E-state index is 0.00104. The van der Waals surface area contributed by atoms with Crippen molar-refractivity contribution in [2.75, 3.05) is 26.1 Å². The molecule has 1 atom stereocenters. The number of fused-ring (bicyclic) bond motifs is 3. The van der Waals surface area contributed by atoms with Crippen molar-refractivity contribution in [2.45, 2.75) is 19.0 Å². The van der Waals surface area contributed by atoms with Gasteiger partial charge in [0.25, 0.3) is 5.56 Å². The molecule has 1 N–H and O–H groups in total. The average Bonchev–Trinajstić information content (AvgIpc) is 2.84. The Morgan fingerprint density at radius 2 is 1.79 bits per heavy atom. The molecule has 3 aromatic rings. The molecule has 2 aromatic carbocycles. The van der Waals surface area contributed by atoms with Crippen LogP contribution in [0.5, 0.6) is 5.75 Å². The lowest BCUT2D eigenvalue weighted by atomic mass is 9.99. The third-order valence-electron chi connectivity index (χ3n) is 5.27. The van der Waals surface area contributed by atoms with Crippen LogP contribution < -0.4 is 15.6 Å². The highest BCUT2D eigenvalue weighted by Crippen LogP contribution is 2.39. The third-order valence-corrected chi connectivity index (χ3v) is 5.27. The van der Waals surface area contributed by atoms with E-state index in [1.165, 1.54) is 18.9 Å². The van der Waals surface area contributed by atoms with Gasteiger partial charge in [-0.15, -0.1) is 0 Å². The van der Waals surface area contributed by atoms with Crippen LogP contribution in [0.1, 0.15) is 13.3 Å². The summed E-state index contributed by atoms with van der Waals surface area (Å²) in [6, 6.07) is 13.7. The van der Waals surface area contributed by atoms with Crippen molar-refractivity contribution in [1.29, 1.82) is 0 Å². The van der Waals surface area contributed by atoms with Gasteiger partial charge in [0.2, 0.25) is 5.66 Å². The third kappa shape index (κ3) is 3.79. The van der Waals surface area contributed by atoms with Crippen LogP contribution in [0.2, 0.25) is 0 Å². The number of ether oxygens (including phenoxy) is 3. The first-order valence-electron chi connectivity index (χ1n) is 10.2. The zero-order chi connectivity index (χ0) is 23.6. The molecule has 0 aliphatic carbocycles. The summed E-state index contributed by atoms with van der Waals surface area (Å²) in [7, 11) is 2.42. The molecule has 0 spiro atoms. The number of carbonyl (C=O) groups excluding carboxylic acids is 2. The summed E-state index contributed by atoms with van der Waals surface area (Å²) in [5.41, 5.74) is -0.882. The van der Waals surface area contributed by atoms with E-state index in [0.29, 0.717) is 29.2 Å². The van der Waals surface area contributed by atoms with Crippen molar-refractivity contribution in [1.82, 2.24) is 14.8 Å². The van der Waals surface area contributed by atoms with Gasteiger partial charge in [-0.25, -0.2) is 9.48 Å². The Bertz CT molecular complexity index is 1270. The minimum atomic E-state index is -1.81. The normalized spacial score (nSPS) is 16.1. The SMILES string of the molecule is CCOc1ccc(-c2nn3c(nc2=O)-c2ccccc2NC3(CC(=O)OC)C(=O)OC)cc1. The molecule has 10 nitrogen and oxygen atoms in total. The van der Waals surface area contributed by atoms with Crippen molar-refractivity contribution < 1.29 is 23.8 Å². The number of benzene rings is 2. The van der Waals surface area contributed by atoms with E-state index in [1.807, 2.05) is 6.92 Å². The Labute approximate surface area is 189 Å². The van der Waals surface area contributed by atoms with Gasteiger partial charge in [0.05, 0.1) is 20.8 Å². The molecule has 170 valence electrons. The predicted molar refractivity (Wildman–Crippen MR) is 119 cm³/mol. The van der Waals surface area contributed by atoms with Gasteiger partial charge in [-0.05, 0) is 43.3 Å². The number of aromatic nitrogens is 3. The topological polar surface area (TPSA) is 122 Å². The molecule has 0 fully saturated rings. The van der Waals surface area contributed by atoms with Crippen molar-refractivity contribution in [3.05, 3.63) is 58.9 Å². The van der Waals surface area contributed by atoms with E-state index in [9.17, 15) is 14.4 Å². The van der Waals surface area contributed by atoms with E-state index in [1.54, 1.807) is 48.5 Å². The number of nitrogens with one attached hydrogen (secondary N) is 1. The summed E-state index contributed by atoms with van der Waals surface area (Å²) in [4.78, 5) is 42.7. The van der Waals surface area contributed by atoms with Gasteiger partial charge in [0.1, 0.15) is 12.2 Å². The highest BCUT2D eigenvalue weighted by atomic mass is 16.5. The Morgan fingerprint density at radius 1 is 1.06 bits per heavy atom. The van der Waals surface area contributed by atoms with E-state index in [0.717, 1.165) is 0 Å². The molecule has 1 aliphatic heterocycles. The number of methoxy groups -OCH3 is 2. The monoisotopic (exact) mass is 450 g/mol.